The molecule has 1 heterocycles. The lowest BCUT2D eigenvalue weighted by Crippen LogP contribution is -1.99. The van der Waals surface area contributed by atoms with Crippen molar-refractivity contribution in [2.24, 2.45) is 4.40 Å². The van der Waals surface area contributed by atoms with E-state index in [4.69, 9.17) is 9.47 Å². The van der Waals surface area contributed by atoms with E-state index in [0.717, 1.165) is 11.3 Å². The summed E-state index contributed by atoms with van der Waals surface area (Å²) < 4.78 is 39.4. The molecular formula is C14H14BrNO4S2. The Kier molecular flexibility index (Phi) is 5.60. The van der Waals surface area contributed by atoms with Crippen molar-refractivity contribution >= 4 is 43.5 Å². The summed E-state index contributed by atoms with van der Waals surface area (Å²) in [7, 11) is -2.15. The Morgan fingerprint density at radius 2 is 2.18 bits per heavy atom. The van der Waals surface area contributed by atoms with Gasteiger partial charge in [0, 0.05) is 6.21 Å². The van der Waals surface area contributed by atoms with Crippen LogP contribution >= 0.6 is 27.3 Å². The fourth-order valence-electron chi connectivity index (χ4n) is 1.69. The molecule has 0 radical (unpaired) electrons. The van der Waals surface area contributed by atoms with Crippen LogP contribution < -0.4 is 9.47 Å². The molecule has 0 atom stereocenters. The second kappa shape index (κ2) is 7.26. The van der Waals surface area contributed by atoms with Gasteiger partial charge in [-0.25, -0.2) is 0 Å². The number of rotatable bonds is 6. The summed E-state index contributed by atoms with van der Waals surface area (Å²) in [5, 5.41) is 1.69. The van der Waals surface area contributed by atoms with Crippen LogP contribution in [0, 0.1) is 0 Å². The molecule has 22 heavy (non-hydrogen) atoms. The summed E-state index contributed by atoms with van der Waals surface area (Å²) in [6.45, 7) is 2.37. The van der Waals surface area contributed by atoms with Crippen molar-refractivity contribution in [1.29, 1.82) is 0 Å². The molecule has 0 bridgehead atoms. The Morgan fingerprint density at radius 1 is 1.41 bits per heavy atom. The zero-order chi connectivity index (χ0) is 16.2. The Morgan fingerprint density at radius 3 is 2.77 bits per heavy atom. The van der Waals surface area contributed by atoms with E-state index in [9.17, 15) is 8.42 Å². The summed E-state index contributed by atoms with van der Waals surface area (Å²) in [6.07, 6.45) is 1.29. The average Bonchev–Trinajstić information content (AvgIpc) is 3.02. The van der Waals surface area contributed by atoms with E-state index in [1.54, 1.807) is 23.6 Å². The smallest absolute Gasteiger partial charge is 0.291 e. The van der Waals surface area contributed by atoms with Gasteiger partial charge in [0.05, 0.1) is 18.2 Å². The van der Waals surface area contributed by atoms with Crippen LogP contribution in [-0.4, -0.2) is 28.3 Å². The molecule has 8 heteroatoms. The number of sulfonamides is 1. The summed E-state index contributed by atoms with van der Waals surface area (Å²) >= 11 is 4.51. The molecule has 2 rings (SSSR count). The lowest BCUT2D eigenvalue weighted by Gasteiger charge is -2.11. The monoisotopic (exact) mass is 403 g/mol. The number of ether oxygens (including phenoxy) is 2. The Balaban J connectivity index is 2.34. The molecule has 5 nitrogen and oxygen atoms in total. The SMILES string of the molecule is CCOc1c(Br)cc(/C=N\S(=O)(=O)c2cccs2)cc1OC. The van der Waals surface area contributed by atoms with Gasteiger partial charge in [0.2, 0.25) is 0 Å². The maximum Gasteiger partial charge on any atom is 0.291 e. The van der Waals surface area contributed by atoms with Gasteiger partial charge in [0.15, 0.2) is 11.5 Å². The highest BCUT2D eigenvalue weighted by Crippen LogP contribution is 2.36. The van der Waals surface area contributed by atoms with E-state index in [2.05, 4.69) is 20.3 Å². The zero-order valence-electron chi connectivity index (χ0n) is 11.9. The van der Waals surface area contributed by atoms with Crippen molar-refractivity contribution in [1.82, 2.24) is 0 Å². The molecule has 0 saturated heterocycles. The standard InChI is InChI=1S/C14H14BrNO4S2/c1-3-20-14-11(15)7-10(8-12(14)19-2)9-16-22(17,18)13-5-4-6-21-13/h4-9H,3H2,1-2H3/b16-9-. The predicted octanol–water partition coefficient (Wildman–Crippen LogP) is 3.73. The topological polar surface area (TPSA) is 65.0 Å². The summed E-state index contributed by atoms with van der Waals surface area (Å²) in [6, 6.07) is 6.58. The molecule has 0 amide bonds. The van der Waals surface area contributed by atoms with Crippen LogP contribution in [0.4, 0.5) is 0 Å². The van der Waals surface area contributed by atoms with Gasteiger partial charge in [-0.3, -0.25) is 0 Å². The largest absolute Gasteiger partial charge is 0.493 e. The fraction of sp³-hybridized carbons (Fsp3) is 0.214. The Bertz CT molecular complexity index is 770. The number of hydrogen-bond acceptors (Lipinski definition) is 5. The third-order valence-electron chi connectivity index (χ3n) is 2.63. The highest BCUT2D eigenvalue weighted by atomic mass is 79.9. The number of benzene rings is 1. The summed E-state index contributed by atoms with van der Waals surface area (Å²) in [5.74, 6) is 1.08. The van der Waals surface area contributed by atoms with Crippen LogP contribution in [-0.2, 0) is 10.0 Å². The first-order valence-electron chi connectivity index (χ1n) is 6.32. The first-order valence-corrected chi connectivity index (χ1v) is 9.43. The minimum Gasteiger partial charge on any atom is -0.493 e. The second-order valence-electron chi connectivity index (χ2n) is 4.11. The molecule has 0 unspecified atom stereocenters. The third-order valence-corrected chi connectivity index (χ3v) is 5.83. The number of thiophene rings is 1. The number of methoxy groups -OCH3 is 1. The van der Waals surface area contributed by atoms with Crippen molar-refractivity contribution in [3.8, 4) is 11.5 Å². The number of nitrogens with zero attached hydrogens (tertiary/aromatic N) is 1. The molecule has 0 saturated carbocycles. The minimum atomic E-state index is -3.67. The quantitative estimate of drug-likeness (QED) is 0.689. The van der Waals surface area contributed by atoms with Crippen LogP contribution in [0.3, 0.4) is 0 Å². The van der Waals surface area contributed by atoms with Gasteiger partial charge in [0.25, 0.3) is 10.0 Å². The first kappa shape index (κ1) is 17.0. The Labute approximate surface area is 141 Å². The lowest BCUT2D eigenvalue weighted by molar-refractivity contribution is 0.309. The maximum absolute atomic E-state index is 12.0. The zero-order valence-corrected chi connectivity index (χ0v) is 15.2. The summed E-state index contributed by atoms with van der Waals surface area (Å²) in [5.41, 5.74) is 0.590. The van der Waals surface area contributed by atoms with E-state index in [-0.39, 0.29) is 4.21 Å². The molecule has 0 aliphatic heterocycles. The van der Waals surface area contributed by atoms with E-state index in [0.29, 0.717) is 28.1 Å². The van der Waals surface area contributed by atoms with Gasteiger partial charge in [-0.05, 0) is 52.0 Å². The van der Waals surface area contributed by atoms with Crippen molar-refractivity contribution < 1.29 is 17.9 Å². The van der Waals surface area contributed by atoms with Crippen LogP contribution in [0.1, 0.15) is 12.5 Å². The van der Waals surface area contributed by atoms with Crippen molar-refractivity contribution in [2.75, 3.05) is 13.7 Å². The molecule has 0 N–H and O–H groups in total. The van der Waals surface area contributed by atoms with Crippen molar-refractivity contribution in [3.05, 3.63) is 39.7 Å². The molecule has 0 aliphatic carbocycles. The molecule has 118 valence electrons. The molecule has 0 fully saturated rings. The van der Waals surface area contributed by atoms with Crippen LogP contribution in [0.15, 0.2) is 42.7 Å². The molecule has 1 aromatic heterocycles. The highest BCUT2D eigenvalue weighted by molar-refractivity contribution is 9.10. The van der Waals surface area contributed by atoms with Crippen molar-refractivity contribution in [2.45, 2.75) is 11.1 Å². The van der Waals surface area contributed by atoms with E-state index >= 15 is 0 Å². The molecule has 1 aromatic carbocycles. The van der Waals surface area contributed by atoms with Crippen LogP contribution in [0.2, 0.25) is 0 Å². The molecular weight excluding hydrogens is 390 g/mol. The predicted molar refractivity (Wildman–Crippen MR) is 91.0 cm³/mol. The van der Waals surface area contributed by atoms with Crippen molar-refractivity contribution in [3.63, 3.8) is 0 Å². The van der Waals surface area contributed by atoms with E-state index in [1.807, 2.05) is 6.92 Å². The Hall–Kier alpha value is -1.38. The van der Waals surface area contributed by atoms with Gasteiger partial charge >= 0.3 is 0 Å². The van der Waals surface area contributed by atoms with Crippen LogP contribution in [0.25, 0.3) is 0 Å². The lowest BCUT2D eigenvalue weighted by atomic mass is 10.2. The first-order chi connectivity index (χ1) is 10.5. The second-order valence-corrected chi connectivity index (χ2v) is 7.77. The maximum atomic E-state index is 12.0. The molecule has 0 aliphatic rings. The van der Waals surface area contributed by atoms with Gasteiger partial charge in [-0.15, -0.1) is 11.3 Å². The molecule has 2 aromatic rings. The third kappa shape index (κ3) is 3.88. The fourth-order valence-corrected chi connectivity index (χ4v) is 4.11. The highest BCUT2D eigenvalue weighted by Gasteiger charge is 2.14. The van der Waals surface area contributed by atoms with Gasteiger partial charge < -0.3 is 9.47 Å². The normalized spacial score (nSPS) is 11.8. The van der Waals surface area contributed by atoms with E-state index in [1.165, 1.54) is 19.4 Å². The number of halogens is 1. The van der Waals surface area contributed by atoms with Gasteiger partial charge in [-0.2, -0.15) is 12.8 Å². The van der Waals surface area contributed by atoms with Gasteiger partial charge in [-0.1, -0.05) is 6.07 Å². The minimum absolute atomic E-state index is 0.209. The van der Waals surface area contributed by atoms with E-state index < -0.39 is 10.0 Å². The molecule has 0 spiro atoms. The van der Waals surface area contributed by atoms with Gasteiger partial charge in [0.1, 0.15) is 4.21 Å². The van der Waals surface area contributed by atoms with Crippen LogP contribution in [0.5, 0.6) is 11.5 Å². The number of hydrogen-bond donors (Lipinski definition) is 0. The summed E-state index contributed by atoms with van der Waals surface area (Å²) in [4.78, 5) is 0. The average molecular weight is 404 g/mol.